The summed E-state index contributed by atoms with van der Waals surface area (Å²) >= 11 is 0. The van der Waals surface area contributed by atoms with Gasteiger partial charge in [0.15, 0.2) is 0 Å². The minimum atomic E-state index is -1.58. The molecule has 1 aliphatic rings. The van der Waals surface area contributed by atoms with Crippen LogP contribution in [0.1, 0.15) is 32.6 Å². The largest absolute Gasteiger partial charge is 0.481 e. The van der Waals surface area contributed by atoms with Crippen molar-refractivity contribution in [2.45, 2.75) is 62.9 Å². The third-order valence-corrected chi connectivity index (χ3v) is 4.64. The fourth-order valence-electron chi connectivity index (χ4n) is 3.08. The van der Waals surface area contributed by atoms with Gasteiger partial charge in [0.2, 0.25) is 23.6 Å². The number of carbonyl (C=O) groups excluding carboxylic acids is 4. The van der Waals surface area contributed by atoms with Gasteiger partial charge in [-0.2, -0.15) is 0 Å². The number of aliphatic carboxylic acids is 2. The van der Waals surface area contributed by atoms with Crippen molar-refractivity contribution in [2.24, 2.45) is 11.5 Å². The smallest absolute Gasteiger partial charge is 0.326 e. The van der Waals surface area contributed by atoms with Gasteiger partial charge in [0, 0.05) is 6.54 Å². The lowest BCUT2D eigenvalue weighted by atomic mass is 10.1. The Kier molecular flexibility index (Phi) is 9.33. The summed E-state index contributed by atoms with van der Waals surface area (Å²) < 4.78 is 0. The van der Waals surface area contributed by atoms with Crippen LogP contribution < -0.4 is 22.1 Å². The van der Waals surface area contributed by atoms with Gasteiger partial charge < -0.3 is 42.3 Å². The highest BCUT2D eigenvalue weighted by molar-refractivity contribution is 5.96. The van der Waals surface area contributed by atoms with Crippen LogP contribution in [0.15, 0.2) is 0 Å². The molecule has 9 N–H and O–H groups in total. The van der Waals surface area contributed by atoms with Crippen LogP contribution in [0.5, 0.6) is 0 Å². The first kappa shape index (κ1) is 25.8. The van der Waals surface area contributed by atoms with Crippen molar-refractivity contribution < 1.29 is 44.1 Å². The Morgan fingerprint density at radius 2 is 1.71 bits per heavy atom. The van der Waals surface area contributed by atoms with Gasteiger partial charge in [0.05, 0.1) is 25.0 Å². The molecule has 0 aromatic rings. The van der Waals surface area contributed by atoms with Gasteiger partial charge in [-0.05, 0) is 19.8 Å². The number of likely N-dealkylation sites (tertiary alicyclic amines) is 1. The van der Waals surface area contributed by atoms with E-state index in [1.165, 1.54) is 6.92 Å². The molecule has 1 fully saturated rings. The van der Waals surface area contributed by atoms with Gasteiger partial charge in [-0.25, -0.2) is 4.79 Å². The zero-order valence-corrected chi connectivity index (χ0v) is 16.8. The number of carboxylic acids is 2. The second-order valence-electron chi connectivity index (χ2n) is 7.19. The number of amides is 4. The monoisotopic (exact) mass is 445 g/mol. The van der Waals surface area contributed by atoms with Crippen molar-refractivity contribution in [1.29, 1.82) is 0 Å². The number of nitrogens with zero attached hydrogens (tertiary/aromatic N) is 1. The Balaban J connectivity index is 2.93. The Morgan fingerprint density at radius 3 is 2.19 bits per heavy atom. The van der Waals surface area contributed by atoms with Crippen molar-refractivity contribution in [1.82, 2.24) is 15.5 Å². The maximum Gasteiger partial charge on any atom is 0.326 e. The number of carbonyl (C=O) groups is 6. The molecule has 1 aliphatic heterocycles. The van der Waals surface area contributed by atoms with Gasteiger partial charge in [-0.3, -0.25) is 24.0 Å². The van der Waals surface area contributed by atoms with E-state index in [-0.39, 0.29) is 13.0 Å². The molecule has 0 spiro atoms. The Labute approximate surface area is 176 Å². The molecule has 4 amide bonds. The van der Waals surface area contributed by atoms with Crippen LogP contribution in [0.25, 0.3) is 0 Å². The highest BCUT2D eigenvalue weighted by Gasteiger charge is 2.40. The average Bonchev–Trinajstić information content (AvgIpc) is 3.13. The van der Waals surface area contributed by atoms with Gasteiger partial charge >= 0.3 is 11.9 Å². The maximum absolute atomic E-state index is 12.9. The fraction of sp³-hybridized carbons (Fsp3) is 0.647. The number of aliphatic hydroxyl groups is 1. The first-order valence-corrected chi connectivity index (χ1v) is 9.42. The number of nitrogens with two attached hydrogens (primary N) is 2. The third-order valence-electron chi connectivity index (χ3n) is 4.64. The summed E-state index contributed by atoms with van der Waals surface area (Å²) in [4.78, 5) is 71.5. The van der Waals surface area contributed by atoms with Gasteiger partial charge in [0.25, 0.3) is 0 Å². The molecule has 14 nitrogen and oxygen atoms in total. The minimum absolute atomic E-state index is 0.0880. The highest BCUT2D eigenvalue weighted by atomic mass is 16.4. The number of hydrogen-bond acceptors (Lipinski definition) is 8. The lowest BCUT2D eigenvalue weighted by molar-refractivity contribution is -0.146. The molecule has 0 aliphatic carbocycles. The lowest BCUT2D eigenvalue weighted by Gasteiger charge is -2.30. The minimum Gasteiger partial charge on any atom is -0.481 e. The molecular weight excluding hydrogens is 418 g/mol. The van der Waals surface area contributed by atoms with Gasteiger partial charge in [-0.1, -0.05) is 0 Å². The van der Waals surface area contributed by atoms with Crippen LogP contribution in [-0.4, -0.2) is 92.6 Å². The van der Waals surface area contributed by atoms with Crippen molar-refractivity contribution in [2.75, 3.05) is 6.54 Å². The summed E-state index contributed by atoms with van der Waals surface area (Å²) in [6.45, 7) is 1.30. The lowest BCUT2D eigenvalue weighted by Crippen LogP contribution is -2.59. The predicted molar refractivity (Wildman–Crippen MR) is 102 cm³/mol. The number of nitrogens with one attached hydrogen (secondary N) is 2. The standard InChI is InChI=1S/C17H27N5O9/c1-7(23)13(21-14(27)8(18)5-12(25)26)16(29)22-4-2-3-10(22)15(28)20-9(17(30)31)6-11(19)24/h7-10,13,23H,2-6,18H2,1H3,(H2,19,24)(H,20,28)(H,21,27)(H,25,26)(H,30,31). The molecule has 0 saturated carbocycles. The fourth-order valence-corrected chi connectivity index (χ4v) is 3.08. The Hall–Kier alpha value is -3.26. The molecule has 0 aromatic carbocycles. The molecule has 1 saturated heterocycles. The van der Waals surface area contributed by atoms with Crippen LogP contribution >= 0.6 is 0 Å². The average molecular weight is 445 g/mol. The first-order chi connectivity index (χ1) is 14.3. The summed E-state index contributed by atoms with van der Waals surface area (Å²) in [6.07, 6.45) is -2.18. The second-order valence-corrected chi connectivity index (χ2v) is 7.19. The quantitative estimate of drug-likeness (QED) is 0.163. The van der Waals surface area contributed by atoms with E-state index in [1.54, 1.807) is 0 Å². The highest BCUT2D eigenvalue weighted by Crippen LogP contribution is 2.20. The van der Waals surface area contributed by atoms with E-state index < -0.39 is 78.7 Å². The number of rotatable bonds is 11. The molecular formula is C17H27N5O9. The van der Waals surface area contributed by atoms with Crippen molar-refractivity contribution in [3.8, 4) is 0 Å². The van der Waals surface area contributed by atoms with Crippen molar-refractivity contribution in [3.05, 3.63) is 0 Å². The SMILES string of the molecule is CC(O)C(NC(=O)C(N)CC(=O)O)C(=O)N1CCCC1C(=O)NC(CC(N)=O)C(=O)O. The van der Waals surface area contributed by atoms with Crippen molar-refractivity contribution in [3.63, 3.8) is 0 Å². The topological polar surface area (TPSA) is 242 Å². The summed E-state index contributed by atoms with van der Waals surface area (Å²) in [5.41, 5.74) is 10.4. The number of carboxylic acid groups (broad SMARTS) is 2. The van der Waals surface area contributed by atoms with E-state index in [0.717, 1.165) is 4.90 Å². The summed E-state index contributed by atoms with van der Waals surface area (Å²) in [7, 11) is 0. The van der Waals surface area contributed by atoms with Crippen LogP contribution in [0.4, 0.5) is 0 Å². The van der Waals surface area contributed by atoms with E-state index in [1.807, 2.05) is 0 Å². The van der Waals surface area contributed by atoms with E-state index in [9.17, 15) is 33.9 Å². The van der Waals surface area contributed by atoms with E-state index >= 15 is 0 Å². The molecule has 0 aromatic heterocycles. The molecule has 5 unspecified atom stereocenters. The van der Waals surface area contributed by atoms with Gasteiger partial charge in [0.1, 0.15) is 18.1 Å². The third kappa shape index (κ3) is 7.49. The molecule has 14 heteroatoms. The Bertz CT molecular complexity index is 742. The van der Waals surface area contributed by atoms with Crippen LogP contribution in [-0.2, 0) is 28.8 Å². The zero-order chi connectivity index (χ0) is 23.9. The first-order valence-electron chi connectivity index (χ1n) is 9.42. The van der Waals surface area contributed by atoms with E-state index in [2.05, 4.69) is 10.6 Å². The van der Waals surface area contributed by atoms with E-state index in [0.29, 0.717) is 6.42 Å². The molecule has 1 rings (SSSR count). The second kappa shape index (κ2) is 11.2. The predicted octanol–water partition coefficient (Wildman–Crippen LogP) is -3.91. The molecule has 31 heavy (non-hydrogen) atoms. The summed E-state index contributed by atoms with van der Waals surface area (Å²) in [6, 6.07) is -5.66. The zero-order valence-electron chi connectivity index (χ0n) is 16.8. The molecule has 1 heterocycles. The number of primary amides is 1. The van der Waals surface area contributed by atoms with E-state index in [4.69, 9.17) is 21.7 Å². The Morgan fingerprint density at radius 1 is 1.10 bits per heavy atom. The molecule has 0 radical (unpaired) electrons. The molecule has 174 valence electrons. The summed E-state index contributed by atoms with van der Waals surface area (Å²) in [5, 5.41) is 32.1. The van der Waals surface area contributed by atoms with Crippen LogP contribution in [0.2, 0.25) is 0 Å². The molecule has 5 atom stereocenters. The van der Waals surface area contributed by atoms with Crippen LogP contribution in [0.3, 0.4) is 0 Å². The summed E-state index contributed by atoms with van der Waals surface area (Å²) in [5.74, 6) is -6.40. The molecule has 0 bridgehead atoms. The van der Waals surface area contributed by atoms with Crippen LogP contribution in [0, 0.1) is 0 Å². The van der Waals surface area contributed by atoms with Crippen molar-refractivity contribution >= 4 is 35.6 Å². The maximum atomic E-state index is 12.9. The normalized spacial score (nSPS) is 19.6. The number of aliphatic hydroxyl groups excluding tert-OH is 1. The van der Waals surface area contributed by atoms with Gasteiger partial charge in [-0.15, -0.1) is 0 Å². The number of hydrogen-bond donors (Lipinski definition) is 7.